The van der Waals surface area contributed by atoms with E-state index in [1.54, 1.807) is 17.0 Å². The molecule has 4 nitrogen and oxygen atoms in total. The molecule has 7 heteroatoms. The third-order valence-corrected chi connectivity index (χ3v) is 8.83. The van der Waals surface area contributed by atoms with Gasteiger partial charge in [-0.2, -0.15) is 0 Å². The van der Waals surface area contributed by atoms with Crippen LogP contribution in [0.25, 0.3) is 10.4 Å². The van der Waals surface area contributed by atoms with Crippen molar-refractivity contribution in [3.05, 3.63) is 81.7 Å². The predicted molar refractivity (Wildman–Crippen MR) is 128 cm³/mol. The molecule has 0 radical (unpaired) electrons. The lowest BCUT2D eigenvalue weighted by molar-refractivity contribution is 0.0686. The maximum atomic E-state index is 13.6. The number of nitrogens with zero attached hydrogens (tertiary/aromatic N) is 1. The van der Waals surface area contributed by atoms with Gasteiger partial charge in [0.1, 0.15) is 0 Å². The number of benzene rings is 2. The highest BCUT2D eigenvalue weighted by Gasteiger charge is 2.35. The summed E-state index contributed by atoms with van der Waals surface area (Å²) in [6.45, 7) is 2.44. The van der Waals surface area contributed by atoms with Gasteiger partial charge in [-0.25, -0.2) is 8.42 Å². The van der Waals surface area contributed by atoms with Gasteiger partial charge in [-0.3, -0.25) is 4.79 Å². The number of amides is 1. The van der Waals surface area contributed by atoms with Crippen LogP contribution in [-0.2, 0) is 22.8 Å². The van der Waals surface area contributed by atoms with Crippen molar-refractivity contribution in [2.24, 2.45) is 0 Å². The molecular formula is C24H24ClNO3S2. The average Bonchev–Trinajstić information content (AvgIpc) is 3.36. The Morgan fingerprint density at radius 3 is 2.45 bits per heavy atom. The van der Waals surface area contributed by atoms with Crippen LogP contribution in [0.1, 0.15) is 34.1 Å². The first-order chi connectivity index (χ1) is 14.9. The fourth-order valence-electron chi connectivity index (χ4n) is 3.95. The summed E-state index contributed by atoms with van der Waals surface area (Å²) in [6, 6.07) is 19.1. The van der Waals surface area contributed by atoms with Crippen molar-refractivity contribution in [2.75, 3.05) is 11.5 Å². The number of aryl methyl sites for hydroxylation is 1. The molecule has 2 aromatic carbocycles. The first-order valence-electron chi connectivity index (χ1n) is 10.3. The Hall–Kier alpha value is -2.15. The molecule has 1 atom stereocenters. The molecule has 1 aliphatic rings. The lowest BCUT2D eigenvalue weighted by Crippen LogP contribution is -2.40. The van der Waals surface area contributed by atoms with Gasteiger partial charge in [0, 0.05) is 22.5 Å². The predicted octanol–water partition coefficient (Wildman–Crippen LogP) is 5.46. The number of halogens is 1. The molecule has 162 valence electrons. The van der Waals surface area contributed by atoms with Gasteiger partial charge in [-0.15, -0.1) is 11.3 Å². The number of carbonyl (C=O) groups excluding carboxylic acids is 1. The number of sulfone groups is 1. The highest BCUT2D eigenvalue weighted by molar-refractivity contribution is 7.91. The van der Waals surface area contributed by atoms with Crippen LogP contribution in [0.3, 0.4) is 0 Å². The maximum absolute atomic E-state index is 13.6. The Morgan fingerprint density at radius 1 is 1.13 bits per heavy atom. The zero-order chi connectivity index (χ0) is 22.0. The van der Waals surface area contributed by atoms with Crippen molar-refractivity contribution in [3.8, 4) is 10.4 Å². The van der Waals surface area contributed by atoms with Gasteiger partial charge in [0.15, 0.2) is 9.84 Å². The van der Waals surface area contributed by atoms with Crippen molar-refractivity contribution < 1.29 is 13.2 Å². The van der Waals surface area contributed by atoms with Crippen LogP contribution in [-0.4, -0.2) is 36.8 Å². The normalized spacial score (nSPS) is 17.5. The van der Waals surface area contributed by atoms with Crippen LogP contribution in [0.2, 0.25) is 5.02 Å². The Bertz CT molecular complexity index is 1170. The van der Waals surface area contributed by atoms with Crippen LogP contribution < -0.4 is 0 Å². The summed E-state index contributed by atoms with van der Waals surface area (Å²) in [4.78, 5) is 17.1. The number of hydrogen-bond donors (Lipinski definition) is 0. The molecule has 1 aromatic heterocycles. The summed E-state index contributed by atoms with van der Waals surface area (Å²) < 4.78 is 24.3. The average molecular weight is 474 g/mol. The van der Waals surface area contributed by atoms with Gasteiger partial charge < -0.3 is 4.90 Å². The molecule has 31 heavy (non-hydrogen) atoms. The van der Waals surface area contributed by atoms with Crippen LogP contribution in [0.5, 0.6) is 0 Å². The first-order valence-corrected chi connectivity index (χ1v) is 13.3. The maximum Gasteiger partial charge on any atom is 0.264 e. The van der Waals surface area contributed by atoms with E-state index in [2.05, 4.69) is 6.92 Å². The minimum absolute atomic E-state index is 0.0177. The van der Waals surface area contributed by atoms with E-state index in [1.165, 1.54) is 11.3 Å². The zero-order valence-corrected chi connectivity index (χ0v) is 19.6. The first kappa shape index (κ1) is 22.1. The van der Waals surface area contributed by atoms with E-state index in [0.717, 1.165) is 28.0 Å². The summed E-state index contributed by atoms with van der Waals surface area (Å²) in [6.07, 6.45) is 1.29. The van der Waals surface area contributed by atoms with Crippen molar-refractivity contribution in [1.29, 1.82) is 0 Å². The Kier molecular flexibility index (Phi) is 6.51. The third-order valence-electron chi connectivity index (χ3n) is 5.61. The molecule has 0 spiro atoms. The largest absolute Gasteiger partial charge is 0.330 e. The minimum Gasteiger partial charge on any atom is -0.330 e. The van der Waals surface area contributed by atoms with Crippen LogP contribution >= 0.6 is 22.9 Å². The van der Waals surface area contributed by atoms with Gasteiger partial charge >= 0.3 is 0 Å². The summed E-state index contributed by atoms with van der Waals surface area (Å²) in [5.74, 6) is 0.0326. The monoisotopic (exact) mass is 473 g/mol. The molecule has 1 amide bonds. The number of carbonyl (C=O) groups is 1. The second kappa shape index (κ2) is 9.15. The van der Waals surface area contributed by atoms with E-state index in [0.29, 0.717) is 22.9 Å². The van der Waals surface area contributed by atoms with Crippen molar-refractivity contribution in [1.82, 2.24) is 4.90 Å². The van der Waals surface area contributed by atoms with E-state index in [1.807, 2.05) is 48.5 Å². The van der Waals surface area contributed by atoms with Gasteiger partial charge in [-0.05, 0) is 47.7 Å². The van der Waals surface area contributed by atoms with Crippen molar-refractivity contribution >= 4 is 38.7 Å². The highest BCUT2D eigenvalue weighted by Crippen LogP contribution is 2.35. The molecule has 2 heterocycles. The summed E-state index contributed by atoms with van der Waals surface area (Å²) in [5, 5.41) is 0.628. The van der Waals surface area contributed by atoms with E-state index >= 15 is 0 Å². The SMILES string of the molecule is CCc1cc(C(=O)N(Cc2ccc(Cl)cc2)[C@H]2CCS(=O)(=O)C2)sc1-c1ccccc1. The van der Waals surface area contributed by atoms with E-state index in [4.69, 9.17) is 11.6 Å². The molecule has 1 aliphatic heterocycles. The third kappa shape index (κ3) is 5.03. The molecule has 0 bridgehead atoms. The minimum atomic E-state index is -3.12. The number of rotatable bonds is 6. The highest BCUT2D eigenvalue weighted by atomic mass is 35.5. The van der Waals surface area contributed by atoms with E-state index < -0.39 is 9.84 Å². The lowest BCUT2D eigenvalue weighted by Gasteiger charge is -2.28. The van der Waals surface area contributed by atoms with Gasteiger partial charge in [-0.1, -0.05) is 61.0 Å². The number of thiophene rings is 1. The molecule has 1 saturated heterocycles. The molecule has 0 N–H and O–H groups in total. The molecule has 1 fully saturated rings. The second-order valence-corrected chi connectivity index (χ2v) is 11.5. The lowest BCUT2D eigenvalue weighted by atomic mass is 10.1. The fourth-order valence-corrected chi connectivity index (χ4v) is 7.02. The van der Waals surface area contributed by atoms with Gasteiger partial charge in [0.2, 0.25) is 0 Å². The molecule has 3 aromatic rings. The van der Waals surface area contributed by atoms with Crippen LogP contribution in [0, 0.1) is 0 Å². The standard InChI is InChI=1S/C24H24ClNO3S2/c1-2-18-14-22(30-23(18)19-6-4-3-5-7-19)24(27)26(21-12-13-31(28,29)16-21)15-17-8-10-20(25)11-9-17/h3-11,14,21H,2,12-13,15-16H2,1H3/t21-/m0/s1. The number of hydrogen-bond acceptors (Lipinski definition) is 4. The molecule has 0 saturated carbocycles. The summed E-state index contributed by atoms with van der Waals surface area (Å²) >= 11 is 7.49. The Balaban J connectivity index is 1.68. The van der Waals surface area contributed by atoms with E-state index in [-0.39, 0.29) is 23.5 Å². The van der Waals surface area contributed by atoms with Crippen LogP contribution in [0.15, 0.2) is 60.7 Å². The van der Waals surface area contributed by atoms with Crippen LogP contribution in [0.4, 0.5) is 0 Å². The van der Waals surface area contributed by atoms with Crippen molar-refractivity contribution in [3.63, 3.8) is 0 Å². The van der Waals surface area contributed by atoms with Crippen molar-refractivity contribution in [2.45, 2.75) is 32.4 Å². The molecular weight excluding hydrogens is 450 g/mol. The second-order valence-electron chi connectivity index (χ2n) is 7.80. The summed E-state index contributed by atoms with van der Waals surface area (Å²) in [5.41, 5.74) is 3.15. The zero-order valence-electron chi connectivity index (χ0n) is 17.3. The topological polar surface area (TPSA) is 54.5 Å². The van der Waals surface area contributed by atoms with Gasteiger partial charge in [0.05, 0.1) is 16.4 Å². The quantitative estimate of drug-likeness (QED) is 0.477. The summed E-state index contributed by atoms with van der Waals surface area (Å²) in [7, 11) is -3.12. The smallest absolute Gasteiger partial charge is 0.264 e. The molecule has 0 unspecified atom stereocenters. The molecule has 4 rings (SSSR count). The molecule has 0 aliphatic carbocycles. The van der Waals surface area contributed by atoms with Gasteiger partial charge in [0.25, 0.3) is 5.91 Å². The Labute approximate surface area is 192 Å². The van der Waals surface area contributed by atoms with E-state index in [9.17, 15) is 13.2 Å². The fraction of sp³-hybridized carbons (Fsp3) is 0.292. The Morgan fingerprint density at radius 2 is 1.84 bits per heavy atom.